The lowest BCUT2D eigenvalue weighted by Crippen LogP contribution is -2.57. The highest BCUT2D eigenvalue weighted by molar-refractivity contribution is 6.09. The van der Waals surface area contributed by atoms with Gasteiger partial charge in [-0.25, -0.2) is 4.79 Å². The molecule has 0 saturated heterocycles. The smallest absolute Gasteiger partial charge is 0.335 e. The van der Waals surface area contributed by atoms with E-state index in [-0.39, 0.29) is 17.9 Å². The Hall–Kier alpha value is -3.72. The van der Waals surface area contributed by atoms with E-state index in [0.29, 0.717) is 45.0 Å². The van der Waals surface area contributed by atoms with Gasteiger partial charge < -0.3 is 14.2 Å². The van der Waals surface area contributed by atoms with Gasteiger partial charge in [0.25, 0.3) is 5.91 Å². The van der Waals surface area contributed by atoms with Crippen LogP contribution < -0.4 is 4.74 Å². The third-order valence-electron chi connectivity index (χ3n) is 7.00. The molecule has 0 fully saturated rings. The van der Waals surface area contributed by atoms with Crippen LogP contribution in [0.4, 0.5) is 0 Å². The Bertz CT molecular complexity index is 1200. The van der Waals surface area contributed by atoms with Crippen molar-refractivity contribution in [2.45, 2.75) is 64.6 Å². The number of carbonyl (C=O) groups excluding carboxylic acids is 2. The molecule has 0 radical (unpaired) electrons. The number of amides is 1. The van der Waals surface area contributed by atoms with Crippen LogP contribution in [0.1, 0.15) is 44.7 Å². The molecule has 1 amide bonds. The number of esters is 1. The second-order valence-electron chi connectivity index (χ2n) is 9.89. The fourth-order valence-electron chi connectivity index (χ4n) is 5.12. The topological polar surface area (TPSA) is 93.0 Å². The maximum absolute atomic E-state index is 13.7. The molecule has 40 heavy (non-hydrogen) atoms. The zero-order valence-electron chi connectivity index (χ0n) is 23.9. The number of ether oxygens (including phenoxy) is 3. The van der Waals surface area contributed by atoms with Gasteiger partial charge in [-0.1, -0.05) is 55.8 Å². The second kappa shape index (κ2) is 14.1. The lowest BCUT2D eigenvalue weighted by Gasteiger charge is -2.35. The van der Waals surface area contributed by atoms with Crippen LogP contribution in [0, 0.1) is 0 Å². The van der Waals surface area contributed by atoms with Crippen LogP contribution in [-0.4, -0.2) is 84.9 Å². The quantitative estimate of drug-likeness (QED) is 0.333. The number of likely N-dealkylation sites (N-methyl/N-ethyl adjacent to an activating group) is 1. The van der Waals surface area contributed by atoms with Crippen molar-refractivity contribution in [2.24, 2.45) is 10.1 Å². The molecule has 9 heteroatoms. The van der Waals surface area contributed by atoms with Crippen molar-refractivity contribution in [3.63, 3.8) is 0 Å². The molecule has 0 N–H and O–H groups in total. The summed E-state index contributed by atoms with van der Waals surface area (Å²) in [5.74, 6) is 1.08. The minimum Gasteiger partial charge on any atom is -0.492 e. The Balaban J connectivity index is 1.42. The minimum atomic E-state index is -0.636. The summed E-state index contributed by atoms with van der Waals surface area (Å²) in [6, 6.07) is 17.0. The number of fused-ring (bicyclic) bond motifs is 1. The Morgan fingerprint density at radius 3 is 2.42 bits per heavy atom. The highest BCUT2D eigenvalue weighted by Crippen LogP contribution is 2.27. The van der Waals surface area contributed by atoms with E-state index < -0.39 is 12.1 Å². The Kier molecular flexibility index (Phi) is 10.3. The molecule has 214 valence electrons. The lowest BCUT2D eigenvalue weighted by atomic mass is 9.97. The third-order valence-corrected chi connectivity index (χ3v) is 7.00. The van der Waals surface area contributed by atoms with Crippen molar-refractivity contribution in [1.29, 1.82) is 0 Å². The molecule has 4 rings (SSSR count). The van der Waals surface area contributed by atoms with Gasteiger partial charge in [-0.15, -0.1) is 0 Å². The zero-order valence-corrected chi connectivity index (χ0v) is 23.9. The number of hydrogen-bond donors (Lipinski definition) is 0. The van der Waals surface area contributed by atoms with E-state index in [1.165, 1.54) is 0 Å². The van der Waals surface area contributed by atoms with Crippen molar-refractivity contribution >= 4 is 23.4 Å². The number of aliphatic imine (C=N–C) groups is 1. The van der Waals surface area contributed by atoms with E-state index in [4.69, 9.17) is 19.2 Å². The van der Waals surface area contributed by atoms with Crippen LogP contribution in [0.25, 0.3) is 0 Å². The third kappa shape index (κ3) is 7.07. The van der Waals surface area contributed by atoms with E-state index >= 15 is 0 Å². The van der Waals surface area contributed by atoms with Gasteiger partial charge in [-0.3, -0.25) is 19.7 Å². The maximum atomic E-state index is 13.7. The van der Waals surface area contributed by atoms with Gasteiger partial charge in [0.15, 0.2) is 12.1 Å². The fourth-order valence-corrected chi connectivity index (χ4v) is 5.12. The molecule has 0 aromatic heterocycles. The molecule has 0 bridgehead atoms. The van der Waals surface area contributed by atoms with Gasteiger partial charge in [0, 0.05) is 26.5 Å². The summed E-state index contributed by atoms with van der Waals surface area (Å²) >= 11 is 0. The van der Waals surface area contributed by atoms with Gasteiger partial charge >= 0.3 is 5.97 Å². The SMILES string of the molecule is CCCC1=NN(C)C2C(=O)N(CCOc3ccc(C[C@H](OCC)C(=O)OCC)cc3)C(Cc3ccccc3)=NC12. The second-order valence-corrected chi connectivity index (χ2v) is 9.89. The molecule has 0 saturated carbocycles. The lowest BCUT2D eigenvalue weighted by molar-refractivity contribution is -0.156. The summed E-state index contributed by atoms with van der Waals surface area (Å²) in [5, 5.41) is 6.43. The molecule has 2 aliphatic rings. The number of hydrazone groups is 1. The van der Waals surface area contributed by atoms with Crippen LogP contribution in [0.15, 0.2) is 64.7 Å². The number of rotatable bonds is 14. The van der Waals surface area contributed by atoms with Crippen molar-refractivity contribution in [2.75, 3.05) is 33.4 Å². The predicted octanol–water partition coefficient (Wildman–Crippen LogP) is 3.90. The van der Waals surface area contributed by atoms with E-state index in [2.05, 4.69) is 24.2 Å². The molecule has 2 aromatic rings. The van der Waals surface area contributed by atoms with Crippen LogP contribution in [-0.2, 0) is 31.9 Å². The van der Waals surface area contributed by atoms with Crippen molar-refractivity contribution in [3.8, 4) is 5.75 Å². The van der Waals surface area contributed by atoms with E-state index in [1.54, 1.807) is 16.8 Å². The molecular weight excluding hydrogens is 508 g/mol. The van der Waals surface area contributed by atoms with Crippen molar-refractivity contribution < 1.29 is 23.8 Å². The standard InChI is InChI=1S/C31H40N4O5/c1-5-11-25-28-29(34(4)33-25)30(36)35(27(32-28)21-22-12-9-8-10-13-22)18-19-40-24-16-14-23(15-17-24)20-26(38-6-2)31(37)39-7-3/h8-10,12-17,26,28-29H,5-7,11,18-21H2,1-4H3/t26-,28?,29?/m0/s1. The van der Waals surface area contributed by atoms with Crippen LogP contribution in [0.2, 0.25) is 0 Å². The number of nitrogens with zero attached hydrogens (tertiary/aromatic N) is 4. The molecule has 3 atom stereocenters. The number of amidine groups is 1. The summed E-state index contributed by atoms with van der Waals surface area (Å²) < 4.78 is 16.7. The number of hydrogen-bond acceptors (Lipinski definition) is 8. The molecule has 9 nitrogen and oxygen atoms in total. The monoisotopic (exact) mass is 548 g/mol. The Morgan fingerprint density at radius 2 is 1.75 bits per heavy atom. The first-order valence-corrected chi connectivity index (χ1v) is 14.2. The molecule has 0 spiro atoms. The fraction of sp³-hybridized carbons (Fsp3) is 0.484. The van der Waals surface area contributed by atoms with Gasteiger partial charge in [0.05, 0.1) is 18.9 Å². The van der Waals surface area contributed by atoms with Crippen LogP contribution in [0.5, 0.6) is 5.75 Å². The summed E-state index contributed by atoms with van der Waals surface area (Å²) in [5.41, 5.74) is 3.02. The summed E-state index contributed by atoms with van der Waals surface area (Å²) in [7, 11) is 1.85. The first-order valence-electron chi connectivity index (χ1n) is 14.2. The first kappa shape index (κ1) is 29.3. The van der Waals surface area contributed by atoms with Gasteiger partial charge in [-0.2, -0.15) is 5.10 Å². The summed E-state index contributed by atoms with van der Waals surface area (Å²) in [4.78, 5) is 32.7. The van der Waals surface area contributed by atoms with Crippen LogP contribution >= 0.6 is 0 Å². The maximum Gasteiger partial charge on any atom is 0.335 e. The van der Waals surface area contributed by atoms with E-state index in [0.717, 1.165) is 35.5 Å². The molecule has 2 heterocycles. The van der Waals surface area contributed by atoms with Crippen molar-refractivity contribution in [1.82, 2.24) is 9.91 Å². The Labute approximate surface area is 236 Å². The predicted molar refractivity (Wildman–Crippen MR) is 155 cm³/mol. The highest BCUT2D eigenvalue weighted by Gasteiger charge is 2.46. The minimum absolute atomic E-state index is 0.00293. The normalized spacial score (nSPS) is 19.1. The van der Waals surface area contributed by atoms with Crippen molar-refractivity contribution in [3.05, 3.63) is 65.7 Å². The van der Waals surface area contributed by atoms with Gasteiger partial charge in [0.2, 0.25) is 0 Å². The first-order chi connectivity index (χ1) is 19.4. The molecule has 0 aliphatic carbocycles. The van der Waals surface area contributed by atoms with E-state index in [9.17, 15) is 9.59 Å². The van der Waals surface area contributed by atoms with Gasteiger partial charge in [-0.05, 0) is 43.5 Å². The zero-order chi connectivity index (χ0) is 28.5. The highest BCUT2D eigenvalue weighted by atomic mass is 16.6. The average Bonchev–Trinajstić information content (AvgIpc) is 3.26. The summed E-state index contributed by atoms with van der Waals surface area (Å²) in [6.07, 6.45) is 2.13. The van der Waals surface area contributed by atoms with Gasteiger partial charge in [0.1, 0.15) is 24.2 Å². The molecule has 2 aliphatic heterocycles. The summed E-state index contributed by atoms with van der Waals surface area (Å²) in [6.45, 7) is 7.19. The molecular formula is C31H40N4O5. The van der Waals surface area contributed by atoms with E-state index in [1.807, 2.05) is 56.4 Å². The molecule has 2 unspecified atom stereocenters. The van der Waals surface area contributed by atoms with Crippen LogP contribution in [0.3, 0.4) is 0 Å². The number of carbonyl (C=O) groups is 2. The largest absolute Gasteiger partial charge is 0.492 e. The Morgan fingerprint density at radius 1 is 1.00 bits per heavy atom. The number of benzene rings is 2. The average molecular weight is 549 g/mol. The molecule has 2 aromatic carbocycles.